The first-order chi connectivity index (χ1) is 9.66. The fourth-order valence-electron chi connectivity index (χ4n) is 2.45. The minimum atomic E-state index is -0.102. The third kappa shape index (κ3) is 4.76. The molecule has 1 N–H and O–H groups in total. The molecule has 0 radical (unpaired) electrons. The zero-order valence-electron chi connectivity index (χ0n) is 11.5. The Morgan fingerprint density at radius 2 is 2.05 bits per heavy atom. The molecule has 0 unspecified atom stereocenters. The maximum absolute atomic E-state index is 12.0. The molecule has 2 rings (SSSR count). The minimum absolute atomic E-state index is 0.102. The van der Waals surface area contributed by atoms with E-state index in [1.165, 1.54) is 32.4 Å². The van der Waals surface area contributed by atoms with Crippen molar-refractivity contribution >= 4 is 33.4 Å². The normalized spacial score (nSPS) is 16.1. The third-order valence-corrected chi connectivity index (χ3v) is 4.38. The smallest absolute Gasteiger partial charge is 0.252 e. The largest absolute Gasteiger partial charge is 0.352 e. The van der Waals surface area contributed by atoms with Crippen LogP contribution in [0.2, 0.25) is 5.02 Å². The number of halogens is 2. The number of carbonyl (C=O) groups excluding carboxylic acids is 1. The first-order valence-corrected chi connectivity index (χ1v) is 8.29. The van der Waals surface area contributed by atoms with Crippen molar-refractivity contribution in [1.82, 2.24) is 10.2 Å². The van der Waals surface area contributed by atoms with Gasteiger partial charge in [0.1, 0.15) is 0 Å². The van der Waals surface area contributed by atoms with Crippen molar-refractivity contribution in [3.05, 3.63) is 33.3 Å². The van der Waals surface area contributed by atoms with E-state index in [4.69, 9.17) is 11.6 Å². The summed E-state index contributed by atoms with van der Waals surface area (Å²) in [6, 6.07) is 5.31. The Kier molecular flexibility index (Phi) is 6.33. The summed E-state index contributed by atoms with van der Waals surface area (Å²) in [7, 11) is 0. The van der Waals surface area contributed by atoms with E-state index >= 15 is 0 Å². The quantitative estimate of drug-likeness (QED) is 0.813. The number of piperidine rings is 1. The van der Waals surface area contributed by atoms with Gasteiger partial charge in [0.25, 0.3) is 5.91 Å². The van der Waals surface area contributed by atoms with E-state index in [1.807, 2.05) is 6.07 Å². The number of hydrogen-bond donors (Lipinski definition) is 1. The van der Waals surface area contributed by atoms with Crippen molar-refractivity contribution in [2.45, 2.75) is 25.7 Å². The fraction of sp³-hybridized carbons (Fsp3) is 0.533. The van der Waals surface area contributed by atoms with Gasteiger partial charge in [0, 0.05) is 11.0 Å². The first-order valence-electron chi connectivity index (χ1n) is 7.12. The van der Waals surface area contributed by atoms with Crippen LogP contribution >= 0.6 is 27.5 Å². The maximum atomic E-state index is 12.0. The molecule has 1 amide bonds. The van der Waals surface area contributed by atoms with Crippen LogP contribution in [-0.2, 0) is 0 Å². The van der Waals surface area contributed by atoms with E-state index in [2.05, 4.69) is 26.1 Å². The van der Waals surface area contributed by atoms with Crippen molar-refractivity contribution in [2.75, 3.05) is 26.2 Å². The Hall–Kier alpha value is -0.580. The number of carbonyl (C=O) groups is 1. The molecule has 5 heteroatoms. The number of benzene rings is 1. The van der Waals surface area contributed by atoms with Crippen molar-refractivity contribution < 1.29 is 4.79 Å². The average Bonchev–Trinajstić information content (AvgIpc) is 2.47. The SMILES string of the molecule is O=C(NCCCN1CCCCC1)c1cc(Br)ccc1Cl. The summed E-state index contributed by atoms with van der Waals surface area (Å²) < 4.78 is 0.861. The first kappa shape index (κ1) is 15.8. The van der Waals surface area contributed by atoms with E-state index in [9.17, 15) is 4.79 Å². The summed E-state index contributed by atoms with van der Waals surface area (Å²) in [6.07, 6.45) is 4.95. The molecule has 1 aliphatic rings. The lowest BCUT2D eigenvalue weighted by atomic mass is 10.1. The van der Waals surface area contributed by atoms with Gasteiger partial charge < -0.3 is 10.2 Å². The molecule has 1 heterocycles. The molecule has 1 fully saturated rings. The molecule has 1 aromatic rings. The molecule has 20 heavy (non-hydrogen) atoms. The van der Waals surface area contributed by atoms with Gasteiger partial charge in [-0.25, -0.2) is 0 Å². The van der Waals surface area contributed by atoms with Crippen LogP contribution in [0.3, 0.4) is 0 Å². The monoisotopic (exact) mass is 358 g/mol. The van der Waals surface area contributed by atoms with Gasteiger partial charge in [-0.1, -0.05) is 34.0 Å². The summed E-state index contributed by atoms with van der Waals surface area (Å²) in [5.41, 5.74) is 0.527. The van der Waals surface area contributed by atoms with Gasteiger partial charge in [0.15, 0.2) is 0 Å². The Bertz CT molecular complexity index is 461. The van der Waals surface area contributed by atoms with Crippen molar-refractivity contribution in [1.29, 1.82) is 0 Å². The van der Waals surface area contributed by atoms with Crippen molar-refractivity contribution in [3.8, 4) is 0 Å². The summed E-state index contributed by atoms with van der Waals surface area (Å²) in [4.78, 5) is 14.5. The Morgan fingerprint density at radius 3 is 2.80 bits per heavy atom. The lowest BCUT2D eigenvalue weighted by Crippen LogP contribution is -2.33. The van der Waals surface area contributed by atoms with Crippen molar-refractivity contribution in [3.63, 3.8) is 0 Å². The van der Waals surface area contributed by atoms with E-state index in [0.717, 1.165) is 17.4 Å². The molecule has 0 spiro atoms. The van der Waals surface area contributed by atoms with Crippen LogP contribution < -0.4 is 5.32 Å². The number of likely N-dealkylation sites (tertiary alicyclic amines) is 1. The molecule has 1 saturated heterocycles. The van der Waals surface area contributed by atoms with Gasteiger partial charge in [0.05, 0.1) is 10.6 Å². The Labute approximate surface area is 133 Å². The molecule has 1 aromatic carbocycles. The summed E-state index contributed by atoms with van der Waals surface area (Å²) in [5.74, 6) is -0.102. The predicted molar refractivity (Wildman–Crippen MR) is 86.4 cm³/mol. The lowest BCUT2D eigenvalue weighted by Gasteiger charge is -2.26. The van der Waals surface area contributed by atoms with Crippen LogP contribution in [-0.4, -0.2) is 37.0 Å². The highest BCUT2D eigenvalue weighted by Crippen LogP contribution is 2.20. The zero-order valence-corrected chi connectivity index (χ0v) is 13.8. The number of nitrogens with one attached hydrogen (secondary N) is 1. The number of nitrogens with zero attached hydrogens (tertiary/aromatic N) is 1. The average molecular weight is 360 g/mol. The van der Waals surface area contributed by atoms with Crippen LogP contribution in [0.4, 0.5) is 0 Å². The zero-order chi connectivity index (χ0) is 14.4. The summed E-state index contributed by atoms with van der Waals surface area (Å²) >= 11 is 9.39. The van der Waals surface area contributed by atoms with Gasteiger partial charge >= 0.3 is 0 Å². The maximum Gasteiger partial charge on any atom is 0.252 e. The highest BCUT2D eigenvalue weighted by atomic mass is 79.9. The third-order valence-electron chi connectivity index (χ3n) is 3.56. The fourth-order valence-corrected chi connectivity index (χ4v) is 3.02. The number of rotatable bonds is 5. The molecule has 0 aromatic heterocycles. The summed E-state index contributed by atoms with van der Waals surface area (Å²) in [6.45, 7) is 4.15. The molecule has 0 atom stereocenters. The number of amides is 1. The van der Waals surface area contributed by atoms with Gasteiger partial charge in [0.2, 0.25) is 0 Å². The van der Waals surface area contributed by atoms with Gasteiger partial charge in [-0.3, -0.25) is 4.79 Å². The summed E-state index contributed by atoms with van der Waals surface area (Å²) in [5, 5.41) is 3.42. The highest BCUT2D eigenvalue weighted by molar-refractivity contribution is 9.10. The second kappa shape index (κ2) is 8.01. The van der Waals surface area contributed by atoms with Crippen LogP contribution in [0, 0.1) is 0 Å². The Morgan fingerprint density at radius 1 is 1.30 bits per heavy atom. The van der Waals surface area contributed by atoms with Crippen molar-refractivity contribution in [2.24, 2.45) is 0 Å². The molecule has 1 aliphatic heterocycles. The van der Waals surface area contributed by atoms with Gasteiger partial charge in [-0.05, 0) is 57.1 Å². The van der Waals surface area contributed by atoms with Gasteiger partial charge in [-0.15, -0.1) is 0 Å². The molecular formula is C15H20BrClN2O. The molecule has 0 bridgehead atoms. The molecule has 3 nitrogen and oxygen atoms in total. The standard InChI is InChI=1S/C15H20BrClN2O/c16-12-5-6-14(17)13(11-12)15(20)18-7-4-10-19-8-2-1-3-9-19/h5-6,11H,1-4,7-10H2,(H,18,20). The van der Waals surface area contributed by atoms with Crippen LogP contribution in [0.25, 0.3) is 0 Å². The second-order valence-electron chi connectivity index (χ2n) is 5.14. The Balaban J connectivity index is 1.73. The molecule has 110 valence electrons. The molecule has 0 saturated carbocycles. The van der Waals surface area contributed by atoms with Crippen LogP contribution in [0.5, 0.6) is 0 Å². The van der Waals surface area contributed by atoms with Crippen LogP contribution in [0.1, 0.15) is 36.0 Å². The second-order valence-corrected chi connectivity index (χ2v) is 6.46. The van der Waals surface area contributed by atoms with Crippen LogP contribution in [0.15, 0.2) is 22.7 Å². The van der Waals surface area contributed by atoms with E-state index in [0.29, 0.717) is 17.1 Å². The van der Waals surface area contributed by atoms with Gasteiger partial charge in [-0.2, -0.15) is 0 Å². The lowest BCUT2D eigenvalue weighted by molar-refractivity contribution is 0.0951. The number of hydrogen-bond acceptors (Lipinski definition) is 2. The highest BCUT2D eigenvalue weighted by Gasteiger charge is 2.12. The van der Waals surface area contributed by atoms with E-state index < -0.39 is 0 Å². The molecule has 0 aliphatic carbocycles. The molecular weight excluding hydrogens is 340 g/mol. The van der Waals surface area contributed by atoms with E-state index in [1.54, 1.807) is 12.1 Å². The van der Waals surface area contributed by atoms with E-state index in [-0.39, 0.29) is 5.91 Å². The topological polar surface area (TPSA) is 32.3 Å². The minimum Gasteiger partial charge on any atom is -0.352 e. The predicted octanol–water partition coefficient (Wildman–Crippen LogP) is 3.71.